The summed E-state index contributed by atoms with van der Waals surface area (Å²) in [5.74, 6) is 0. The highest BCUT2D eigenvalue weighted by molar-refractivity contribution is 6.31. The number of aromatic nitrogens is 2. The lowest BCUT2D eigenvalue weighted by molar-refractivity contribution is 0.0639. The molecule has 2 aromatic rings. The van der Waals surface area contributed by atoms with Gasteiger partial charge in [-0.25, -0.2) is 0 Å². The third-order valence-corrected chi connectivity index (χ3v) is 3.48. The number of hydrogen-bond acceptors (Lipinski definition) is 3. The van der Waals surface area contributed by atoms with Crippen molar-refractivity contribution in [2.24, 2.45) is 7.05 Å². The SMILES string of the molecule is CN(C)CCOC(c1ccccc1Cl)c1ccnn1C. The minimum atomic E-state index is -0.198. The van der Waals surface area contributed by atoms with Gasteiger partial charge in [-0.15, -0.1) is 0 Å². The summed E-state index contributed by atoms with van der Waals surface area (Å²) in [6.45, 7) is 1.49. The summed E-state index contributed by atoms with van der Waals surface area (Å²) in [5, 5.41) is 4.93. The van der Waals surface area contributed by atoms with E-state index < -0.39 is 0 Å². The summed E-state index contributed by atoms with van der Waals surface area (Å²) in [5.41, 5.74) is 1.97. The molecule has 0 fully saturated rings. The molecule has 0 saturated carbocycles. The number of hydrogen-bond donors (Lipinski definition) is 0. The quantitative estimate of drug-likeness (QED) is 0.820. The number of rotatable bonds is 6. The molecule has 0 amide bonds. The maximum absolute atomic E-state index is 6.31. The van der Waals surface area contributed by atoms with Gasteiger partial charge in [-0.1, -0.05) is 29.8 Å². The van der Waals surface area contributed by atoms with Crippen molar-refractivity contribution >= 4 is 11.6 Å². The summed E-state index contributed by atoms with van der Waals surface area (Å²) >= 11 is 6.31. The van der Waals surface area contributed by atoms with Crippen LogP contribution in [0.1, 0.15) is 17.4 Å². The van der Waals surface area contributed by atoms with Crippen LogP contribution in [0.25, 0.3) is 0 Å². The zero-order chi connectivity index (χ0) is 14.5. The second kappa shape index (κ2) is 6.88. The van der Waals surface area contributed by atoms with Crippen LogP contribution in [0.4, 0.5) is 0 Å². The molecule has 108 valence electrons. The lowest BCUT2D eigenvalue weighted by Gasteiger charge is -2.21. The Kier molecular flexibility index (Phi) is 5.17. The molecular weight excluding hydrogens is 274 g/mol. The van der Waals surface area contributed by atoms with E-state index in [9.17, 15) is 0 Å². The summed E-state index contributed by atoms with van der Waals surface area (Å²) in [6.07, 6.45) is 1.57. The molecule has 0 spiro atoms. The van der Waals surface area contributed by atoms with E-state index in [4.69, 9.17) is 16.3 Å². The average Bonchev–Trinajstić information content (AvgIpc) is 2.82. The third kappa shape index (κ3) is 3.60. The summed E-state index contributed by atoms with van der Waals surface area (Å²) < 4.78 is 7.88. The minimum Gasteiger partial charge on any atom is -0.366 e. The molecule has 1 atom stereocenters. The molecule has 1 heterocycles. The van der Waals surface area contributed by atoms with Crippen molar-refractivity contribution in [1.29, 1.82) is 0 Å². The van der Waals surface area contributed by atoms with E-state index in [1.807, 2.05) is 56.2 Å². The van der Waals surface area contributed by atoms with Gasteiger partial charge < -0.3 is 9.64 Å². The third-order valence-electron chi connectivity index (χ3n) is 3.14. The molecule has 0 N–H and O–H groups in total. The van der Waals surface area contributed by atoms with Crippen molar-refractivity contribution in [1.82, 2.24) is 14.7 Å². The van der Waals surface area contributed by atoms with Gasteiger partial charge in [0, 0.05) is 30.4 Å². The summed E-state index contributed by atoms with van der Waals surface area (Å²) in [4.78, 5) is 2.09. The van der Waals surface area contributed by atoms with Gasteiger partial charge in [0.05, 0.1) is 12.3 Å². The molecule has 1 aromatic heterocycles. The molecule has 0 radical (unpaired) electrons. The zero-order valence-corrected chi connectivity index (χ0v) is 12.8. The highest BCUT2D eigenvalue weighted by Crippen LogP contribution is 2.30. The molecule has 0 aliphatic rings. The van der Waals surface area contributed by atoms with Gasteiger partial charge in [0.2, 0.25) is 0 Å². The molecule has 0 aliphatic heterocycles. The van der Waals surface area contributed by atoms with Gasteiger partial charge in [-0.2, -0.15) is 5.10 Å². The van der Waals surface area contributed by atoms with E-state index in [0.717, 1.165) is 17.8 Å². The first-order valence-electron chi connectivity index (χ1n) is 6.58. The number of nitrogens with zero attached hydrogens (tertiary/aromatic N) is 3. The summed E-state index contributed by atoms with van der Waals surface area (Å²) in [7, 11) is 5.96. The zero-order valence-electron chi connectivity index (χ0n) is 12.1. The van der Waals surface area contributed by atoms with Crippen LogP contribution in [0, 0.1) is 0 Å². The fraction of sp³-hybridized carbons (Fsp3) is 0.400. The van der Waals surface area contributed by atoms with Crippen LogP contribution >= 0.6 is 11.6 Å². The Morgan fingerprint density at radius 3 is 2.65 bits per heavy atom. The van der Waals surface area contributed by atoms with Gasteiger partial charge in [0.25, 0.3) is 0 Å². The van der Waals surface area contributed by atoms with Crippen molar-refractivity contribution < 1.29 is 4.74 Å². The second-order valence-corrected chi connectivity index (χ2v) is 5.36. The van der Waals surface area contributed by atoms with Crippen LogP contribution in [0.5, 0.6) is 0 Å². The molecule has 0 bridgehead atoms. The standard InChI is InChI=1S/C15H20ClN3O/c1-18(2)10-11-20-15(14-8-9-17-19(14)3)12-6-4-5-7-13(12)16/h4-9,15H,10-11H2,1-3H3. The van der Waals surface area contributed by atoms with Gasteiger partial charge >= 0.3 is 0 Å². The topological polar surface area (TPSA) is 30.3 Å². The Labute approximate surface area is 124 Å². The van der Waals surface area contributed by atoms with E-state index in [-0.39, 0.29) is 6.10 Å². The van der Waals surface area contributed by atoms with Crippen LogP contribution in [-0.2, 0) is 11.8 Å². The van der Waals surface area contributed by atoms with Gasteiger partial charge in [0.1, 0.15) is 6.10 Å². The normalized spacial score (nSPS) is 12.8. The predicted octanol–water partition coefficient (Wildman–Crippen LogP) is 2.74. The van der Waals surface area contributed by atoms with Gasteiger partial charge in [0.15, 0.2) is 0 Å². The van der Waals surface area contributed by atoms with Crippen LogP contribution in [-0.4, -0.2) is 41.9 Å². The Bertz CT molecular complexity index is 554. The molecule has 20 heavy (non-hydrogen) atoms. The smallest absolute Gasteiger partial charge is 0.126 e. The Balaban J connectivity index is 2.25. The number of ether oxygens (including phenoxy) is 1. The van der Waals surface area contributed by atoms with Crippen molar-refractivity contribution in [3.63, 3.8) is 0 Å². The highest BCUT2D eigenvalue weighted by Gasteiger charge is 2.20. The second-order valence-electron chi connectivity index (χ2n) is 4.96. The number of benzene rings is 1. The molecule has 1 unspecified atom stereocenters. The first kappa shape index (κ1) is 15.0. The van der Waals surface area contributed by atoms with E-state index in [1.165, 1.54) is 0 Å². The molecule has 0 saturated heterocycles. The fourth-order valence-corrected chi connectivity index (χ4v) is 2.25. The molecular formula is C15H20ClN3O. The average molecular weight is 294 g/mol. The van der Waals surface area contributed by atoms with Crippen LogP contribution in [0.15, 0.2) is 36.5 Å². The first-order chi connectivity index (χ1) is 9.59. The van der Waals surface area contributed by atoms with Crippen molar-refractivity contribution in [2.75, 3.05) is 27.2 Å². The molecule has 5 heteroatoms. The monoisotopic (exact) mass is 293 g/mol. The largest absolute Gasteiger partial charge is 0.366 e. The number of likely N-dealkylation sites (N-methyl/N-ethyl adjacent to an activating group) is 1. The van der Waals surface area contributed by atoms with Crippen molar-refractivity contribution in [3.05, 3.63) is 52.8 Å². The molecule has 4 nitrogen and oxygen atoms in total. The lowest BCUT2D eigenvalue weighted by Crippen LogP contribution is -2.21. The molecule has 2 rings (SSSR count). The number of aryl methyl sites for hydroxylation is 1. The number of halogens is 1. The van der Waals surface area contributed by atoms with E-state index in [2.05, 4.69) is 10.00 Å². The lowest BCUT2D eigenvalue weighted by atomic mass is 10.1. The Morgan fingerprint density at radius 2 is 2.05 bits per heavy atom. The predicted molar refractivity (Wildman–Crippen MR) is 81.0 cm³/mol. The van der Waals surface area contributed by atoms with Crippen LogP contribution in [0.3, 0.4) is 0 Å². The molecule has 1 aromatic carbocycles. The molecule has 0 aliphatic carbocycles. The first-order valence-corrected chi connectivity index (χ1v) is 6.96. The van der Waals surface area contributed by atoms with E-state index in [0.29, 0.717) is 11.6 Å². The fourth-order valence-electron chi connectivity index (χ4n) is 2.02. The maximum Gasteiger partial charge on any atom is 0.126 e. The Morgan fingerprint density at radius 1 is 1.30 bits per heavy atom. The maximum atomic E-state index is 6.31. The van der Waals surface area contributed by atoms with Gasteiger partial charge in [-0.3, -0.25) is 4.68 Å². The van der Waals surface area contributed by atoms with Gasteiger partial charge in [-0.05, 0) is 26.2 Å². The van der Waals surface area contributed by atoms with E-state index >= 15 is 0 Å². The Hall–Kier alpha value is -1.36. The highest BCUT2D eigenvalue weighted by atomic mass is 35.5. The summed E-state index contributed by atoms with van der Waals surface area (Å²) in [6, 6.07) is 9.74. The van der Waals surface area contributed by atoms with Crippen LogP contribution < -0.4 is 0 Å². The van der Waals surface area contributed by atoms with E-state index in [1.54, 1.807) is 6.20 Å². The van der Waals surface area contributed by atoms with Crippen molar-refractivity contribution in [2.45, 2.75) is 6.10 Å². The van der Waals surface area contributed by atoms with Crippen LogP contribution in [0.2, 0.25) is 5.02 Å². The minimum absolute atomic E-state index is 0.198. The van der Waals surface area contributed by atoms with Crippen molar-refractivity contribution in [3.8, 4) is 0 Å².